The average Bonchev–Trinajstić information content (AvgIpc) is 3.48. The molecule has 1 heterocycles. The Labute approximate surface area is 308 Å². The number of carboxylic acid groups (broad SMARTS) is 1. The smallest absolute Gasteiger partial charge is 0.327 e. The molecule has 0 aliphatic carbocycles. The number of nitrogens with zero attached hydrogens (tertiary/aromatic N) is 2. The van der Waals surface area contributed by atoms with Crippen molar-refractivity contribution < 1.29 is 33.1 Å². The van der Waals surface area contributed by atoms with Crippen molar-refractivity contribution in [2.24, 2.45) is 16.9 Å². The first-order valence-corrected chi connectivity index (χ1v) is 18.6. The fourth-order valence-electron chi connectivity index (χ4n) is 6.07. The molecule has 3 atom stereocenters. The van der Waals surface area contributed by atoms with Gasteiger partial charge in [0, 0.05) is 48.8 Å². The number of nitrogens with two attached hydrogens (primary N) is 2. The van der Waals surface area contributed by atoms with Gasteiger partial charge in [0.2, 0.25) is 17.7 Å². The average molecular weight is 743 g/mol. The molecule has 0 saturated heterocycles. The van der Waals surface area contributed by atoms with Gasteiger partial charge in [-0.25, -0.2) is 13.6 Å². The van der Waals surface area contributed by atoms with Crippen LogP contribution in [-0.4, -0.2) is 81.5 Å². The summed E-state index contributed by atoms with van der Waals surface area (Å²) < 4.78 is 31.4. The van der Waals surface area contributed by atoms with Gasteiger partial charge in [0.25, 0.3) is 0 Å². The van der Waals surface area contributed by atoms with Crippen LogP contribution in [0.1, 0.15) is 70.7 Å². The Hall–Kier alpha value is -4.27. The number of aliphatic carboxylic acids is 1. The van der Waals surface area contributed by atoms with E-state index in [0.29, 0.717) is 56.6 Å². The number of carbonyl (C=O) groups excluding carboxylic acids is 3. The third-order valence-corrected chi connectivity index (χ3v) is 9.49. The summed E-state index contributed by atoms with van der Waals surface area (Å²) in [5.41, 5.74) is 13.1. The highest BCUT2D eigenvalue weighted by molar-refractivity contribution is 8.00. The number of amides is 3. The van der Waals surface area contributed by atoms with Gasteiger partial charge in [-0.05, 0) is 74.0 Å². The summed E-state index contributed by atoms with van der Waals surface area (Å²) in [5, 5.41) is 15.0. The minimum atomic E-state index is -1.32. The van der Waals surface area contributed by atoms with Crippen LogP contribution in [0.4, 0.5) is 8.78 Å². The third kappa shape index (κ3) is 12.4. The highest BCUT2D eigenvalue weighted by atomic mass is 32.2. The van der Waals surface area contributed by atoms with Crippen LogP contribution in [0.25, 0.3) is 11.1 Å². The Morgan fingerprint density at radius 2 is 1.63 bits per heavy atom. The molecule has 3 unspecified atom stereocenters. The van der Waals surface area contributed by atoms with E-state index < -0.39 is 53.0 Å². The van der Waals surface area contributed by atoms with E-state index in [4.69, 9.17) is 11.5 Å². The summed E-state index contributed by atoms with van der Waals surface area (Å²) in [4.78, 5) is 52.8. The number of rotatable bonds is 20. The molecule has 0 radical (unpaired) electrons. The van der Waals surface area contributed by atoms with Crippen LogP contribution in [0.5, 0.6) is 0 Å². The lowest BCUT2D eigenvalue weighted by Crippen LogP contribution is -2.52. The number of unbranched alkanes of at least 4 members (excludes halogenated alkanes) is 1. The number of hydrogen-bond acceptors (Lipinski definition) is 7. The zero-order chi connectivity index (χ0) is 38.4. The molecule has 2 aromatic carbocycles. The van der Waals surface area contributed by atoms with Crippen LogP contribution in [-0.2, 0) is 25.7 Å². The highest BCUT2D eigenvalue weighted by Crippen LogP contribution is 2.41. The van der Waals surface area contributed by atoms with Gasteiger partial charge in [0.05, 0.1) is 11.8 Å². The Morgan fingerprint density at radius 1 is 0.942 bits per heavy atom. The molecule has 0 bridgehead atoms. The summed E-state index contributed by atoms with van der Waals surface area (Å²) in [5.74, 6) is -3.98. The van der Waals surface area contributed by atoms with Crippen LogP contribution in [0.2, 0.25) is 0 Å². The maximum Gasteiger partial charge on any atom is 0.327 e. The van der Waals surface area contributed by atoms with Gasteiger partial charge in [-0.15, -0.1) is 11.8 Å². The van der Waals surface area contributed by atoms with Crippen LogP contribution < -0.4 is 22.1 Å². The lowest BCUT2D eigenvalue weighted by Gasteiger charge is -2.41. The van der Waals surface area contributed by atoms with Crippen molar-refractivity contribution in [2.75, 3.05) is 31.1 Å². The summed E-state index contributed by atoms with van der Waals surface area (Å²) in [6, 6.07) is 12.0. The summed E-state index contributed by atoms with van der Waals surface area (Å²) in [6.45, 7) is 8.67. The lowest BCUT2D eigenvalue weighted by molar-refractivity contribution is -0.141. The molecule has 0 fully saturated rings. The van der Waals surface area contributed by atoms with E-state index in [-0.39, 0.29) is 29.5 Å². The summed E-state index contributed by atoms with van der Waals surface area (Å²) in [6.07, 6.45) is 3.75. The molecule has 52 heavy (non-hydrogen) atoms. The van der Waals surface area contributed by atoms with Gasteiger partial charge in [-0.1, -0.05) is 51.1 Å². The number of benzene rings is 2. The topological polar surface area (TPSA) is 173 Å². The van der Waals surface area contributed by atoms with Crippen molar-refractivity contribution in [2.45, 2.75) is 78.0 Å². The molecule has 0 spiro atoms. The van der Waals surface area contributed by atoms with Crippen molar-refractivity contribution in [3.63, 3.8) is 0 Å². The summed E-state index contributed by atoms with van der Waals surface area (Å²) >= 11 is 1.06. The second-order valence-corrected chi connectivity index (χ2v) is 14.9. The van der Waals surface area contributed by atoms with Crippen LogP contribution in [0, 0.1) is 17.0 Å². The van der Waals surface area contributed by atoms with Gasteiger partial charge >= 0.3 is 5.97 Å². The SMILES string of the molecule is CC(=O)NC(CCCCN)C(=O)NC(CSCC(=O)N(CCCN)C(c1cc(-c2cc(F)ccc2F)cn1Cc1ccccc1)C(C)(C)C)C(=O)O. The zero-order valence-corrected chi connectivity index (χ0v) is 31.2. The number of carboxylic acids is 1. The van der Waals surface area contributed by atoms with Crippen LogP contribution in [0.3, 0.4) is 0 Å². The number of halogens is 2. The van der Waals surface area contributed by atoms with Crippen LogP contribution in [0.15, 0.2) is 60.8 Å². The van der Waals surface area contributed by atoms with Gasteiger partial charge < -0.3 is 36.7 Å². The monoisotopic (exact) mass is 742 g/mol. The minimum absolute atomic E-state index is 0.0954. The van der Waals surface area contributed by atoms with E-state index >= 15 is 4.39 Å². The molecule has 3 aromatic rings. The number of aromatic nitrogens is 1. The Bertz CT molecular complexity index is 1650. The normalized spacial score (nSPS) is 13.2. The number of thioether (sulfide) groups is 1. The van der Waals surface area contributed by atoms with Gasteiger partial charge in [-0.3, -0.25) is 14.4 Å². The maximum absolute atomic E-state index is 15.1. The largest absolute Gasteiger partial charge is 0.480 e. The van der Waals surface area contributed by atoms with Gasteiger partial charge in [0.15, 0.2) is 0 Å². The van der Waals surface area contributed by atoms with E-state index in [1.54, 1.807) is 17.2 Å². The van der Waals surface area contributed by atoms with E-state index in [1.165, 1.54) is 6.92 Å². The molecule has 3 rings (SSSR count). The van der Waals surface area contributed by atoms with E-state index in [1.807, 2.05) is 55.7 Å². The van der Waals surface area contributed by atoms with Gasteiger partial charge in [0.1, 0.15) is 23.7 Å². The third-order valence-electron chi connectivity index (χ3n) is 8.47. The van der Waals surface area contributed by atoms with Crippen molar-refractivity contribution in [1.82, 2.24) is 20.1 Å². The molecule has 0 aliphatic rings. The number of nitrogens with one attached hydrogen (secondary N) is 2. The molecule has 11 nitrogen and oxygen atoms in total. The standard InChI is InChI=1S/C38H52F2N6O5S/c1-25(47)43-31(13-8-9-16-41)36(49)44-32(37(50)51)23-52-24-34(48)46(18-10-17-42)35(38(2,3)4)33-19-27(29-20-28(39)14-15-30(29)40)22-45(33)21-26-11-6-5-7-12-26/h5-7,11-12,14-15,19-20,22,31-32,35H,8-10,13,16-18,21,23-24,41-42H2,1-4H3,(H,43,47)(H,44,49)(H,50,51). The molecule has 284 valence electrons. The number of hydrogen-bond donors (Lipinski definition) is 5. The van der Waals surface area contributed by atoms with E-state index in [2.05, 4.69) is 10.6 Å². The molecule has 7 N–H and O–H groups in total. The molecule has 3 amide bonds. The predicted octanol–water partition coefficient (Wildman–Crippen LogP) is 4.68. The molecular formula is C38H52F2N6O5S. The van der Waals surface area contributed by atoms with Crippen LogP contribution >= 0.6 is 11.8 Å². The first-order chi connectivity index (χ1) is 24.7. The lowest BCUT2D eigenvalue weighted by atomic mass is 9.83. The second kappa shape index (κ2) is 20.1. The fraction of sp³-hybridized carbons (Fsp3) is 0.474. The first kappa shape index (κ1) is 42.1. The highest BCUT2D eigenvalue weighted by Gasteiger charge is 2.37. The van der Waals surface area contributed by atoms with Crippen molar-refractivity contribution in [3.8, 4) is 11.1 Å². The molecule has 0 aliphatic heterocycles. The minimum Gasteiger partial charge on any atom is -0.480 e. The second-order valence-electron chi connectivity index (χ2n) is 13.8. The zero-order valence-electron chi connectivity index (χ0n) is 30.4. The van der Waals surface area contributed by atoms with Crippen molar-refractivity contribution in [3.05, 3.63) is 83.7 Å². The Balaban J connectivity index is 1.93. The fourth-order valence-corrected chi connectivity index (χ4v) is 6.99. The van der Waals surface area contributed by atoms with Crippen molar-refractivity contribution >= 4 is 35.5 Å². The predicted molar refractivity (Wildman–Crippen MR) is 200 cm³/mol. The summed E-state index contributed by atoms with van der Waals surface area (Å²) in [7, 11) is 0. The van der Waals surface area contributed by atoms with Gasteiger partial charge in [-0.2, -0.15) is 0 Å². The maximum atomic E-state index is 15.1. The molecule has 0 saturated carbocycles. The first-order valence-electron chi connectivity index (χ1n) is 17.4. The van der Waals surface area contributed by atoms with E-state index in [9.17, 15) is 28.7 Å². The Kier molecular flexibility index (Phi) is 16.3. The molecule has 1 aromatic heterocycles. The molecular weight excluding hydrogens is 691 g/mol. The van der Waals surface area contributed by atoms with Crippen molar-refractivity contribution in [1.29, 1.82) is 0 Å². The number of carbonyl (C=O) groups is 4. The molecule has 14 heteroatoms. The Morgan fingerprint density at radius 3 is 2.25 bits per heavy atom. The quantitative estimate of drug-likeness (QED) is 0.104. The van der Waals surface area contributed by atoms with E-state index in [0.717, 1.165) is 35.5 Å².